The monoisotopic (exact) mass is 501 g/mol. The van der Waals surface area contributed by atoms with Crippen molar-refractivity contribution in [2.45, 2.75) is 104 Å². The van der Waals surface area contributed by atoms with Crippen LogP contribution in [0, 0.1) is 17.3 Å². The fourth-order valence-electron chi connectivity index (χ4n) is 6.00. The Labute approximate surface area is 215 Å². The summed E-state index contributed by atoms with van der Waals surface area (Å²) in [7, 11) is 3.21. The van der Waals surface area contributed by atoms with E-state index in [2.05, 4.69) is 32.9 Å². The van der Waals surface area contributed by atoms with E-state index in [0.29, 0.717) is 16.2 Å². The Morgan fingerprint density at radius 2 is 1.71 bits per heavy atom. The van der Waals surface area contributed by atoms with Crippen molar-refractivity contribution in [3.63, 3.8) is 0 Å². The van der Waals surface area contributed by atoms with Crippen molar-refractivity contribution in [1.82, 2.24) is 0 Å². The Balaban J connectivity index is 1.71. The zero-order chi connectivity index (χ0) is 25.2. The average Bonchev–Trinajstić information content (AvgIpc) is 3.29. The summed E-state index contributed by atoms with van der Waals surface area (Å²) in [5.41, 5.74) is 2.38. The number of rotatable bonds is 6. The number of hydrogen-bond acceptors (Lipinski definition) is 5. The van der Waals surface area contributed by atoms with Crippen LogP contribution in [0.4, 0.5) is 5.69 Å². The molecule has 1 aromatic heterocycles. The first-order valence-electron chi connectivity index (χ1n) is 13.5. The first-order chi connectivity index (χ1) is 16.7. The van der Waals surface area contributed by atoms with Crippen LogP contribution in [0.25, 0.3) is 5.57 Å². The smallest absolute Gasteiger partial charge is 0.350 e. The number of anilines is 1. The summed E-state index contributed by atoms with van der Waals surface area (Å²) in [6.45, 7) is 6.90. The number of ether oxygens (including phenoxy) is 2. The molecule has 0 bridgehead atoms. The maximum absolute atomic E-state index is 14.1. The Morgan fingerprint density at radius 1 is 1.03 bits per heavy atom. The van der Waals surface area contributed by atoms with E-state index in [1.807, 2.05) is 4.90 Å². The van der Waals surface area contributed by atoms with Crippen molar-refractivity contribution in [3.8, 4) is 0 Å². The predicted octanol–water partition coefficient (Wildman–Crippen LogP) is 7.25. The minimum absolute atomic E-state index is 0.0369. The van der Waals surface area contributed by atoms with Gasteiger partial charge in [-0.1, -0.05) is 26.8 Å². The SMILES string of the molecule is COC(=O)c1sc(C2=CCC(C)(C)CC2)cc1N(C(=O)C1CCC(C)CC1)C1CCC(OC)CC1. The number of thiophene rings is 1. The highest BCUT2D eigenvalue weighted by molar-refractivity contribution is 7.15. The van der Waals surface area contributed by atoms with Gasteiger partial charge in [-0.2, -0.15) is 0 Å². The Hall–Kier alpha value is -1.66. The number of nitrogens with zero attached hydrogens (tertiary/aromatic N) is 1. The van der Waals surface area contributed by atoms with Crippen LogP contribution in [0.3, 0.4) is 0 Å². The zero-order valence-corrected chi connectivity index (χ0v) is 23.0. The standard InChI is InChI=1S/C29H43NO4S/c1-19-6-8-21(9-7-19)27(31)30(22-10-12-23(33-4)13-11-22)24-18-25(35-26(24)28(32)34-5)20-14-16-29(2,3)17-15-20/h14,18-19,21-23H,6-13,15-17H2,1-5H3. The second kappa shape index (κ2) is 11.2. The molecule has 0 N–H and O–H groups in total. The van der Waals surface area contributed by atoms with Crippen LogP contribution in [0.5, 0.6) is 0 Å². The predicted molar refractivity (Wildman–Crippen MR) is 143 cm³/mol. The molecule has 3 aliphatic carbocycles. The molecule has 0 saturated heterocycles. The van der Waals surface area contributed by atoms with Gasteiger partial charge >= 0.3 is 5.97 Å². The molecule has 0 aromatic carbocycles. The number of carbonyl (C=O) groups excluding carboxylic acids is 2. The third-order valence-corrected chi connectivity index (χ3v) is 9.76. The number of allylic oxidation sites excluding steroid dienone is 2. The molecule has 0 spiro atoms. The van der Waals surface area contributed by atoms with Crippen LogP contribution in [-0.2, 0) is 14.3 Å². The second-order valence-electron chi connectivity index (χ2n) is 11.7. The van der Waals surface area contributed by atoms with Crippen LogP contribution >= 0.6 is 11.3 Å². The summed E-state index contributed by atoms with van der Waals surface area (Å²) < 4.78 is 10.8. The Morgan fingerprint density at radius 3 is 2.29 bits per heavy atom. The molecule has 4 rings (SSSR count). The van der Waals surface area contributed by atoms with Crippen LogP contribution < -0.4 is 4.90 Å². The van der Waals surface area contributed by atoms with Crippen molar-refractivity contribution in [2.75, 3.05) is 19.1 Å². The third-order valence-electron chi connectivity index (χ3n) is 8.58. The largest absolute Gasteiger partial charge is 0.465 e. The lowest BCUT2D eigenvalue weighted by atomic mass is 9.78. The average molecular weight is 502 g/mol. The lowest BCUT2D eigenvalue weighted by Crippen LogP contribution is -2.47. The Bertz CT molecular complexity index is 932. The first kappa shape index (κ1) is 26.4. The van der Waals surface area contributed by atoms with Gasteiger partial charge in [-0.25, -0.2) is 4.79 Å². The molecule has 5 nitrogen and oxygen atoms in total. The summed E-state index contributed by atoms with van der Waals surface area (Å²) in [5.74, 6) is 0.583. The Kier molecular flexibility index (Phi) is 8.42. The van der Waals surface area contributed by atoms with Crippen molar-refractivity contribution in [1.29, 1.82) is 0 Å². The quantitative estimate of drug-likeness (QED) is 0.385. The van der Waals surface area contributed by atoms with Gasteiger partial charge in [-0.05, 0) is 93.6 Å². The molecule has 35 heavy (non-hydrogen) atoms. The highest BCUT2D eigenvalue weighted by Crippen LogP contribution is 2.44. The van der Waals surface area contributed by atoms with Gasteiger partial charge < -0.3 is 14.4 Å². The third kappa shape index (κ3) is 6.02. The molecule has 2 saturated carbocycles. The molecule has 1 heterocycles. The highest BCUT2D eigenvalue weighted by Gasteiger charge is 2.38. The molecular formula is C29H43NO4S. The van der Waals surface area contributed by atoms with Gasteiger partial charge in [0.05, 0.1) is 18.9 Å². The topological polar surface area (TPSA) is 55.8 Å². The molecule has 0 radical (unpaired) electrons. The maximum atomic E-state index is 14.1. The van der Waals surface area contributed by atoms with Gasteiger partial charge in [0, 0.05) is 23.9 Å². The van der Waals surface area contributed by atoms with E-state index in [1.165, 1.54) is 24.0 Å². The highest BCUT2D eigenvalue weighted by atomic mass is 32.1. The van der Waals surface area contributed by atoms with Crippen LogP contribution in [-0.4, -0.2) is 38.2 Å². The van der Waals surface area contributed by atoms with E-state index in [-0.39, 0.29) is 29.9 Å². The van der Waals surface area contributed by atoms with E-state index in [1.54, 1.807) is 7.11 Å². The summed E-state index contributed by atoms with van der Waals surface area (Å²) in [6.07, 6.45) is 13.5. The second-order valence-corrected chi connectivity index (χ2v) is 12.8. The molecule has 1 amide bonds. The summed E-state index contributed by atoms with van der Waals surface area (Å²) >= 11 is 1.50. The van der Waals surface area contributed by atoms with Gasteiger partial charge in [0.25, 0.3) is 0 Å². The maximum Gasteiger partial charge on any atom is 0.350 e. The van der Waals surface area contributed by atoms with Gasteiger partial charge in [0.1, 0.15) is 4.88 Å². The summed E-state index contributed by atoms with van der Waals surface area (Å²) in [4.78, 5) is 30.8. The summed E-state index contributed by atoms with van der Waals surface area (Å²) in [6, 6.07) is 2.21. The molecule has 6 heteroatoms. The molecule has 1 aromatic rings. The summed E-state index contributed by atoms with van der Waals surface area (Å²) in [5, 5.41) is 0. The first-order valence-corrected chi connectivity index (χ1v) is 14.3. The number of amides is 1. The van der Waals surface area contributed by atoms with Gasteiger partial charge in [0.2, 0.25) is 5.91 Å². The molecule has 0 aliphatic heterocycles. The van der Waals surface area contributed by atoms with Crippen molar-refractivity contribution in [2.24, 2.45) is 17.3 Å². The molecule has 0 atom stereocenters. The molecule has 0 unspecified atom stereocenters. The molecular weight excluding hydrogens is 458 g/mol. The lowest BCUT2D eigenvalue weighted by Gasteiger charge is -2.39. The number of carbonyl (C=O) groups is 2. The van der Waals surface area contributed by atoms with Crippen LogP contribution in [0.1, 0.15) is 106 Å². The van der Waals surface area contributed by atoms with E-state index in [0.717, 1.165) is 81.2 Å². The normalized spacial score (nSPS) is 28.8. The van der Waals surface area contributed by atoms with E-state index in [9.17, 15) is 9.59 Å². The van der Waals surface area contributed by atoms with Crippen molar-refractivity contribution in [3.05, 3.63) is 21.9 Å². The fourth-order valence-corrected chi connectivity index (χ4v) is 7.13. The van der Waals surface area contributed by atoms with E-state index >= 15 is 0 Å². The van der Waals surface area contributed by atoms with Crippen molar-refractivity contribution >= 4 is 34.5 Å². The van der Waals surface area contributed by atoms with Gasteiger partial charge in [0.15, 0.2) is 0 Å². The number of hydrogen-bond donors (Lipinski definition) is 0. The van der Waals surface area contributed by atoms with E-state index < -0.39 is 0 Å². The molecule has 194 valence electrons. The number of methoxy groups -OCH3 is 2. The minimum atomic E-state index is -0.339. The van der Waals surface area contributed by atoms with E-state index in [4.69, 9.17) is 9.47 Å². The lowest BCUT2D eigenvalue weighted by molar-refractivity contribution is -0.124. The zero-order valence-electron chi connectivity index (χ0n) is 22.2. The minimum Gasteiger partial charge on any atom is -0.465 e. The van der Waals surface area contributed by atoms with Gasteiger partial charge in [-0.3, -0.25) is 4.79 Å². The molecule has 3 aliphatic rings. The van der Waals surface area contributed by atoms with Gasteiger partial charge in [-0.15, -0.1) is 11.3 Å². The van der Waals surface area contributed by atoms with Crippen LogP contribution in [0.2, 0.25) is 0 Å². The fraction of sp³-hybridized carbons (Fsp3) is 0.724. The molecule has 2 fully saturated rings. The van der Waals surface area contributed by atoms with Crippen LogP contribution in [0.15, 0.2) is 12.1 Å². The van der Waals surface area contributed by atoms with Crippen molar-refractivity contribution < 1.29 is 19.1 Å². The number of esters is 1.